The first kappa shape index (κ1) is 32.4. The molecule has 4 rings (SSSR count). The molecule has 1 aliphatic carbocycles. The maximum atomic E-state index is 14.0. The highest BCUT2D eigenvalue weighted by molar-refractivity contribution is 5.97. The lowest BCUT2D eigenvalue weighted by molar-refractivity contribution is -0.136. The summed E-state index contributed by atoms with van der Waals surface area (Å²) in [7, 11) is 2.73. The second-order valence-electron chi connectivity index (χ2n) is 9.97. The Morgan fingerprint density at radius 2 is 1.43 bits per heavy atom. The van der Waals surface area contributed by atoms with E-state index in [2.05, 4.69) is 4.90 Å². The van der Waals surface area contributed by atoms with Crippen molar-refractivity contribution in [1.29, 1.82) is 0 Å². The fourth-order valence-corrected chi connectivity index (χ4v) is 5.07. The second kappa shape index (κ2) is 15.8. The third-order valence-corrected chi connectivity index (χ3v) is 7.00. The molecule has 0 aliphatic heterocycles. The number of hydrogen-bond acceptors (Lipinski definition) is 5. The van der Waals surface area contributed by atoms with E-state index in [4.69, 9.17) is 9.47 Å². The van der Waals surface area contributed by atoms with Crippen LogP contribution in [0.2, 0.25) is 0 Å². The minimum absolute atomic E-state index is 0.304. The number of hydrogen-bond donors (Lipinski definition) is 0. The van der Waals surface area contributed by atoms with Gasteiger partial charge in [-0.2, -0.15) is 0 Å². The molecular formula is C35H39F2NO4. The van der Waals surface area contributed by atoms with Gasteiger partial charge in [0.1, 0.15) is 11.6 Å². The Hall–Kier alpha value is -4.10. The van der Waals surface area contributed by atoms with Crippen LogP contribution in [0, 0.1) is 18.6 Å². The van der Waals surface area contributed by atoms with Crippen molar-refractivity contribution in [3.63, 3.8) is 0 Å². The maximum Gasteiger partial charge on any atom is 0.338 e. The van der Waals surface area contributed by atoms with Crippen molar-refractivity contribution in [2.75, 3.05) is 20.8 Å². The lowest BCUT2D eigenvalue weighted by Crippen LogP contribution is -2.25. The zero-order chi connectivity index (χ0) is 30.6. The second-order valence-corrected chi connectivity index (χ2v) is 9.97. The molecule has 0 radical (unpaired) electrons. The van der Waals surface area contributed by atoms with Gasteiger partial charge in [0.15, 0.2) is 0 Å². The van der Waals surface area contributed by atoms with Crippen LogP contribution in [0.4, 0.5) is 8.78 Å². The summed E-state index contributed by atoms with van der Waals surface area (Å²) < 4.78 is 38.0. The Balaban J connectivity index is 0.00000237. The molecule has 42 heavy (non-hydrogen) atoms. The third-order valence-electron chi connectivity index (χ3n) is 7.00. The van der Waals surface area contributed by atoms with Gasteiger partial charge in [0.2, 0.25) is 0 Å². The Morgan fingerprint density at radius 1 is 0.762 bits per heavy atom. The zero-order valence-corrected chi connectivity index (χ0v) is 25.0. The molecule has 0 spiro atoms. The monoisotopic (exact) mass is 575 g/mol. The molecule has 0 bridgehead atoms. The van der Waals surface area contributed by atoms with Crippen molar-refractivity contribution < 1.29 is 27.8 Å². The van der Waals surface area contributed by atoms with Crippen molar-refractivity contribution in [2.24, 2.45) is 0 Å². The van der Waals surface area contributed by atoms with Crippen LogP contribution in [-0.4, -0.2) is 37.6 Å². The first-order valence-corrected chi connectivity index (χ1v) is 14.2. The highest BCUT2D eigenvalue weighted by Crippen LogP contribution is 2.30. The van der Waals surface area contributed by atoms with E-state index in [0.717, 1.165) is 46.7 Å². The fourth-order valence-electron chi connectivity index (χ4n) is 5.07. The van der Waals surface area contributed by atoms with Crippen LogP contribution in [0.5, 0.6) is 0 Å². The SMILES string of the molecule is CC.COC(=O)C1=CC=C(CN(Cc2cc(F)cc(F)c2)Cc2ccc(C(=O)OC)c(-c3ccccc3C)c2)CCC1. The number of rotatable bonds is 9. The molecule has 0 saturated carbocycles. The number of benzene rings is 3. The van der Waals surface area contributed by atoms with Gasteiger partial charge in [0, 0.05) is 31.3 Å². The van der Waals surface area contributed by atoms with Gasteiger partial charge in [-0.05, 0) is 78.3 Å². The molecule has 3 aromatic carbocycles. The standard InChI is InChI=1S/C33H33F2NO4.C2H6/c1-22-7-4-5-10-29(22)31-17-24(12-14-30(31)33(38)40-3)20-36(21-25-15-27(34)18-28(35)16-25)19-23-8-6-9-26(13-11-23)32(37)39-2;1-2/h4-5,7,10-18H,6,8-9,19-21H2,1-3H3;1-2H3. The number of halogens is 2. The van der Waals surface area contributed by atoms with Crippen molar-refractivity contribution in [3.05, 3.63) is 118 Å². The number of ether oxygens (including phenoxy) is 2. The predicted octanol–water partition coefficient (Wildman–Crippen LogP) is 7.96. The zero-order valence-electron chi connectivity index (χ0n) is 25.0. The summed E-state index contributed by atoms with van der Waals surface area (Å²) in [5.41, 5.74) is 6.35. The summed E-state index contributed by atoms with van der Waals surface area (Å²) >= 11 is 0. The summed E-state index contributed by atoms with van der Waals surface area (Å²) in [6, 6.07) is 17.0. The van der Waals surface area contributed by atoms with Gasteiger partial charge in [-0.3, -0.25) is 4.90 Å². The van der Waals surface area contributed by atoms with Gasteiger partial charge >= 0.3 is 11.9 Å². The number of methoxy groups -OCH3 is 2. The van der Waals surface area contributed by atoms with E-state index in [-0.39, 0.29) is 5.97 Å². The number of nitrogens with zero attached hydrogens (tertiary/aromatic N) is 1. The van der Waals surface area contributed by atoms with Gasteiger partial charge in [-0.25, -0.2) is 18.4 Å². The maximum absolute atomic E-state index is 14.0. The summed E-state index contributed by atoms with van der Waals surface area (Å²) in [5.74, 6) is -2.01. The summed E-state index contributed by atoms with van der Waals surface area (Å²) in [6.07, 6.45) is 5.94. The van der Waals surface area contributed by atoms with E-state index in [0.29, 0.717) is 42.8 Å². The summed E-state index contributed by atoms with van der Waals surface area (Å²) in [4.78, 5) is 26.7. The minimum atomic E-state index is -0.626. The van der Waals surface area contributed by atoms with Gasteiger partial charge in [-0.15, -0.1) is 0 Å². The predicted molar refractivity (Wildman–Crippen MR) is 162 cm³/mol. The summed E-state index contributed by atoms with van der Waals surface area (Å²) in [6.45, 7) is 7.28. The molecule has 222 valence electrons. The molecule has 7 heteroatoms. The number of esters is 2. The minimum Gasteiger partial charge on any atom is -0.466 e. The normalized spacial score (nSPS) is 12.9. The summed E-state index contributed by atoms with van der Waals surface area (Å²) in [5, 5.41) is 0. The lowest BCUT2D eigenvalue weighted by atomic mass is 9.94. The van der Waals surface area contributed by atoms with E-state index in [9.17, 15) is 18.4 Å². The van der Waals surface area contributed by atoms with Crippen molar-refractivity contribution in [1.82, 2.24) is 4.90 Å². The van der Waals surface area contributed by atoms with Crippen LogP contribution in [-0.2, 0) is 27.4 Å². The fraction of sp³-hybridized carbons (Fsp3) is 0.314. The van der Waals surface area contributed by atoms with Gasteiger partial charge < -0.3 is 9.47 Å². The molecule has 3 aromatic rings. The smallest absolute Gasteiger partial charge is 0.338 e. The van der Waals surface area contributed by atoms with Crippen molar-refractivity contribution in [3.8, 4) is 11.1 Å². The molecule has 0 amide bonds. The molecule has 0 aromatic heterocycles. The average molecular weight is 576 g/mol. The molecule has 0 saturated heterocycles. The quantitative estimate of drug-likeness (QED) is 0.242. The Morgan fingerprint density at radius 3 is 2.10 bits per heavy atom. The van der Waals surface area contributed by atoms with E-state index < -0.39 is 17.6 Å². The largest absolute Gasteiger partial charge is 0.466 e. The van der Waals surface area contributed by atoms with Crippen LogP contribution in [0.3, 0.4) is 0 Å². The highest BCUT2D eigenvalue weighted by atomic mass is 19.1. The van der Waals surface area contributed by atoms with Crippen LogP contribution in [0.25, 0.3) is 11.1 Å². The van der Waals surface area contributed by atoms with E-state index >= 15 is 0 Å². The van der Waals surface area contributed by atoms with Crippen LogP contribution in [0.1, 0.15) is 60.2 Å². The molecule has 0 atom stereocenters. The topological polar surface area (TPSA) is 55.8 Å². The Labute approximate surface area is 247 Å². The van der Waals surface area contributed by atoms with E-state index in [1.165, 1.54) is 26.4 Å². The Bertz CT molecular complexity index is 1440. The lowest BCUT2D eigenvalue weighted by Gasteiger charge is -2.25. The first-order chi connectivity index (χ1) is 20.3. The van der Waals surface area contributed by atoms with Crippen LogP contribution >= 0.6 is 0 Å². The van der Waals surface area contributed by atoms with Gasteiger partial charge in [0.25, 0.3) is 0 Å². The highest BCUT2D eigenvalue weighted by Gasteiger charge is 2.19. The molecule has 0 unspecified atom stereocenters. The number of allylic oxidation sites excluding steroid dienone is 2. The molecule has 0 fully saturated rings. The first-order valence-electron chi connectivity index (χ1n) is 14.2. The average Bonchev–Trinajstić information content (AvgIpc) is 3.22. The molecule has 1 aliphatic rings. The number of aryl methyl sites for hydroxylation is 1. The molecule has 0 heterocycles. The van der Waals surface area contributed by atoms with Crippen LogP contribution in [0.15, 0.2) is 84.0 Å². The third kappa shape index (κ3) is 8.70. The molecule has 5 nitrogen and oxygen atoms in total. The van der Waals surface area contributed by atoms with Crippen molar-refractivity contribution >= 4 is 11.9 Å². The molecular weight excluding hydrogens is 536 g/mol. The van der Waals surface area contributed by atoms with Crippen LogP contribution < -0.4 is 0 Å². The van der Waals surface area contributed by atoms with Gasteiger partial charge in [-0.1, -0.05) is 61.9 Å². The van der Waals surface area contributed by atoms with Gasteiger partial charge in [0.05, 0.1) is 19.8 Å². The van der Waals surface area contributed by atoms with E-state index in [1.807, 2.05) is 63.2 Å². The molecule has 0 N–H and O–H groups in total. The Kier molecular flexibility index (Phi) is 12.2. The van der Waals surface area contributed by atoms with Crippen molar-refractivity contribution in [2.45, 2.75) is 53.1 Å². The number of carbonyl (C=O) groups is 2. The number of carbonyl (C=O) groups excluding carboxylic acids is 2. The van der Waals surface area contributed by atoms with E-state index in [1.54, 1.807) is 12.1 Å².